The van der Waals surface area contributed by atoms with Crippen LogP contribution in [-0.4, -0.2) is 11.9 Å². The minimum absolute atomic E-state index is 0.0145. The number of ether oxygens (including phenoxy) is 1. The minimum Gasteiger partial charge on any atom is -0.483 e. The third-order valence-corrected chi connectivity index (χ3v) is 3.59. The molecule has 4 heteroatoms. The molecule has 0 aliphatic heterocycles. The first-order chi connectivity index (χ1) is 8.56. The number of Topliss-reactive ketones (excluding diaryl/α,β-unsaturated/α-hetero) is 1. The molecular weight excluding hydrogens is 268 g/mol. The summed E-state index contributed by atoms with van der Waals surface area (Å²) in [4.78, 5) is 13.2. The lowest BCUT2D eigenvalue weighted by molar-refractivity contribution is 0.0818. The highest BCUT2D eigenvalue weighted by Gasteiger charge is 2.17. The zero-order valence-electron chi connectivity index (χ0n) is 10.1. The van der Waals surface area contributed by atoms with Crippen molar-refractivity contribution < 1.29 is 9.53 Å². The van der Waals surface area contributed by atoms with Gasteiger partial charge in [0.15, 0.2) is 6.10 Å². The molecular formula is C14H13ClO2S. The van der Waals surface area contributed by atoms with E-state index in [9.17, 15) is 4.79 Å². The molecule has 0 bridgehead atoms. The number of hydrogen-bond acceptors (Lipinski definition) is 3. The van der Waals surface area contributed by atoms with Gasteiger partial charge in [-0.3, -0.25) is 4.79 Å². The molecule has 0 aliphatic carbocycles. The molecule has 1 atom stereocenters. The van der Waals surface area contributed by atoms with Crippen LogP contribution in [0.4, 0.5) is 0 Å². The average Bonchev–Trinajstić information content (AvgIpc) is 2.75. The summed E-state index contributed by atoms with van der Waals surface area (Å²) in [5.74, 6) is 0.592. The molecule has 0 N–H and O–H groups in total. The van der Waals surface area contributed by atoms with Gasteiger partial charge < -0.3 is 4.74 Å². The van der Waals surface area contributed by atoms with E-state index in [-0.39, 0.29) is 5.78 Å². The molecule has 0 fully saturated rings. The first-order valence-corrected chi connectivity index (χ1v) is 6.83. The van der Waals surface area contributed by atoms with Crippen molar-refractivity contribution in [3.05, 3.63) is 51.2 Å². The van der Waals surface area contributed by atoms with Crippen molar-refractivity contribution in [2.45, 2.75) is 20.0 Å². The van der Waals surface area contributed by atoms with Gasteiger partial charge in [0.1, 0.15) is 5.75 Å². The average molecular weight is 281 g/mol. The van der Waals surface area contributed by atoms with Crippen molar-refractivity contribution in [1.29, 1.82) is 0 Å². The molecule has 2 rings (SSSR count). The second-order valence-electron chi connectivity index (χ2n) is 4.03. The number of hydrogen-bond donors (Lipinski definition) is 0. The summed E-state index contributed by atoms with van der Waals surface area (Å²) >= 11 is 7.43. The third-order valence-electron chi connectivity index (χ3n) is 2.49. The standard InChI is InChI=1S/C14H13ClO2S/c1-9-6-11(8-18-9)14(16)10(2)17-13-5-3-4-12(15)7-13/h3-8,10H,1-2H3. The molecule has 0 spiro atoms. The highest BCUT2D eigenvalue weighted by Crippen LogP contribution is 2.20. The van der Waals surface area contributed by atoms with Gasteiger partial charge in [-0.15, -0.1) is 11.3 Å². The number of aryl methyl sites for hydroxylation is 1. The van der Waals surface area contributed by atoms with Crippen LogP contribution < -0.4 is 4.74 Å². The summed E-state index contributed by atoms with van der Waals surface area (Å²) in [7, 11) is 0. The summed E-state index contributed by atoms with van der Waals surface area (Å²) in [6.07, 6.45) is -0.516. The topological polar surface area (TPSA) is 26.3 Å². The van der Waals surface area contributed by atoms with Crippen molar-refractivity contribution >= 4 is 28.7 Å². The van der Waals surface area contributed by atoms with Crippen LogP contribution in [-0.2, 0) is 0 Å². The van der Waals surface area contributed by atoms with Crippen molar-refractivity contribution in [1.82, 2.24) is 0 Å². The van der Waals surface area contributed by atoms with Crippen molar-refractivity contribution in [2.75, 3.05) is 0 Å². The molecule has 18 heavy (non-hydrogen) atoms. The van der Waals surface area contributed by atoms with Crippen LogP contribution in [0.3, 0.4) is 0 Å². The molecule has 0 radical (unpaired) electrons. The molecule has 2 nitrogen and oxygen atoms in total. The van der Waals surface area contributed by atoms with Crippen LogP contribution in [0.5, 0.6) is 5.75 Å². The first-order valence-electron chi connectivity index (χ1n) is 5.58. The fourth-order valence-corrected chi connectivity index (χ4v) is 2.48. The summed E-state index contributed by atoms with van der Waals surface area (Å²) in [6.45, 7) is 3.72. The van der Waals surface area contributed by atoms with Gasteiger partial charge in [0.2, 0.25) is 5.78 Å². The fraction of sp³-hybridized carbons (Fsp3) is 0.214. The van der Waals surface area contributed by atoms with E-state index in [1.165, 1.54) is 0 Å². The molecule has 0 saturated heterocycles. The Hall–Kier alpha value is -1.32. The molecule has 1 aromatic carbocycles. The van der Waals surface area contributed by atoms with Crippen LogP contribution in [0.25, 0.3) is 0 Å². The Morgan fingerprint density at radius 2 is 2.17 bits per heavy atom. The van der Waals surface area contributed by atoms with E-state index in [0.717, 1.165) is 4.88 Å². The Labute approximate surface area is 115 Å². The monoisotopic (exact) mass is 280 g/mol. The quantitative estimate of drug-likeness (QED) is 0.778. The molecule has 94 valence electrons. The van der Waals surface area contributed by atoms with Crippen LogP contribution in [0.15, 0.2) is 35.7 Å². The maximum atomic E-state index is 12.1. The number of carbonyl (C=O) groups excluding carboxylic acids is 1. The maximum absolute atomic E-state index is 12.1. The second kappa shape index (κ2) is 5.55. The normalized spacial score (nSPS) is 12.2. The maximum Gasteiger partial charge on any atom is 0.203 e. The molecule has 0 amide bonds. The Balaban J connectivity index is 2.08. The molecule has 1 aromatic heterocycles. The number of benzene rings is 1. The van der Waals surface area contributed by atoms with Gasteiger partial charge >= 0.3 is 0 Å². The lowest BCUT2D eigenvalue weighted by Crippen LogP contribution is -2.23. The predicted molar refractivity (Wildman–Crippen MR) is 74.9 cm³/mol. The highest BCUT2D eigenvalue weighted by atomic mass is 35.5. The number of ketones is 1. The zero-order valence-corrected chi connectivity index (χ0v) is 11.7. The second-order valence-corrected chi connectivity index (χ2v) is 5.58. The van der Waals surface area contributed by atoms with Crippen LogP contribution in [0.1, 0.15) is 22.2 Å². The number of halogens is 1. The van der Waals surface area contributed by atoms with Gasteiger partial charge in [0, 0.05) is 20.8 Å². The third kappa shape index (κ3) is 3.12. The van der Waals surface area contributed by atoms with E-state index in [0.29, 0.717) is 16.3 Å². The Morgan fingerprint density at radius 1 is 1.39 bits per heavy atom. The number of carbonyl (C=O) groups is 1. The summed E-state index contributed by atoms with van der Waals surface area (Å²) in [5.41, 5.74) is 0.701. The van der Waals surface area contributed by atoms with E-state index in [4.69, 9.17) is 16.3 Å². The number of rotatable bonds is 4. The van der Waals surface area contributed by atoms with Crippen LogP contribution in [0, 0.1) is 6.92 Å². The molecule has 0 saturated carbocycles. The summed E-state index contributed by atoms with van der Waals surface area (Å²) in [5, 5.41) is 2.45. The van der Waals surface area contributed by atoms with Gasteiger partial charge in [-0.25, -0.2) is 0 Å². The number of thiophene rings is 1. The van der Waals surface area contributed by atoms with Gasteiger partial charge in [-0.05, 0) is 38.1 Å². The Bertz CT molecular complexity index is 562. The van der Waals surface area contributed by atoms with Crippen LogP contribution in [0.2, 0.25) is 5.02 Å². The van der Waals surface area contributed by atoms with Gasteiger partial charge in [-0.2, -0.15) is 0 Å². The predicted octanol–water partition coefficient (Wildman–Crippen LogP) is 4.36. The Morgan fingerprint density at radius 3 is 2.78 bits per heavy atom. The van der Waals surface area contributed by atoms with E-state index in [1.54, 1.807) is 42.5 Å². The summed E-state index contributed by atoms with van der Waals surface area (Å²) in [6, 6.07) is 8.93. The van der Waals surface area contributed by atoms with Crippen molar-refractivity contribution in [3.63, 3.8) is 0 Å². The van der Waals surface area contributed by atoms with Crippen LogP contribution >= 0.6 is 22.9 Å². The fourth-order valence-electron chi connectivity index (χ4n) is 1.61. The van der Waals surface area contributed by atoms with Crippen molar-refractivity contribution in [3.8, 4) is 5.75 Å². The molecule has 1 unspecified atom stereocenters. The lowest BCUT2D eigenvalue weighted by Gasteiger charge is -2.13. The minimum atomic E-state index is -0.516. The van der Waals surface area contributed by atoms with Crippen molar-refractivity contribution in [2.24, 2.45) is 0 Å². The first kappa shape index (κ1) is 13.1. The van der Waals surface area contributed by atoms with Gasteiger partial charge in [-0.1, -0.05) is 17.7 Å². The van der Waals surface area contributed by atoms with E-state index in [2.05, 4.69) is 0 Å². The van der Waals surface area contributed by atoms with Gasteiger partial charge in [0.25, 0.3) is 0 Å². The largest absolute Gasteiger partial charge is 0.483 e. The lowest BCUT2D eigenvalue weighted by atomic mass is 10.1. The molecule has 2 aromatic rings. The zero-order chi connectivity index (χ0) is 13.1. The smallest absolute Gasteiger partial charge is 0.203 e. The Kier molecular flexibility index (Phi) is 4.04. The molecule has 0 aliphatic rings. The molecule has 1 heterocycles. The van der Waals surface area contributed by atoms with E-state index < -0.39 is 6.10 Å². The van der Waals surface area contributed by atoms with E-state index >= 15 is 0 Å². The SMILES string of the molecule is Cc1cc(C(=O)C(C)Oc2cccc(Cl)c2)cs1. The summed E-state index contributed by atoms with van der Waals surface area (Å²) < 4.78 is 5.59. The highest BCUT2D eigenvalue weighted by molar-refractivity contribution is 7.10. The van der Waals surface area contributed by atoms with Gasteiger partial charge in [0.05, 0.1) is 0 Å². The van der Waals surface area contributed by atoms with E-state index in [1.807, 2.05) is 18.4 Å².